The lowest BCUT2D eigenvalue weighted by atomic mass is 9.83. The van der Waals surface area contributed by atoms with Gasteiger partial charge in [-0.25, -0.2) is 9.97 Å². The Bertz CT molecular complexity index is 490. The van der Waals surface area contributed by atoms with Gasteiger partial charge in [-0.2, -0.15) is 0 Å². The van der Waals surface area contributed by atoms with Crippen molar-refractivity contribution < 1.29 is 10.0 Å². The van der Waals surface area contributed by atoms with Crippen LogP contribution in [0.3, 0.4) is 0 Å². The lowest BCUT2D eigenvalue weighted by molar-refractivity contribution is 0.425. The minimum atomic E-state index is -1.55. The lowest BCUT2D eigenvalue weighted by Gasteiger charge is -2.02. The Balaban J connectivity index is 2.35. The highest BCUT2D eigenvalue weighted by atomic mass is 35.5. The molecule has 2 aromatic rings. The molecule has 0 aliphatic rings. The summed E-state index contributed by atoms with van der Waals surface area (Å²) in [5, 5.41) is 18.4. The van der Waals surface area contributed by atoms with E-state index in [9.17, 15) is 0 Å². The van der Waals surface area contributed by atoms with E-state index in [1.54, 1.807) is 18.2 Å². The first-order valence-corrected chi connectivity index (χ1v) is 4.98. The highest BCUT2D eigenvalue weighted by Gasteiger charge is 2.12. The third-order valence-electron chi connectivity index (χ3n) is 2.05. The standard InChI is InChI=1S/C10H8BClN2O2/c12-9-3-1-2-7(4-9)10-13-5-8(6-14-10)11(15)16/h1-6,15-16H. The molecule has 0 radical (unpaired) electrons. The van der Waals surface area contributed by atoms with Crippen molar-refractivity contribution in [3.63, 3.8) is 0 Å². The second-order valence-electron chi connectivity index (χ2n) is 3.22. The van der Waals surface area contributed by atoms with E-state index in [-0.39, 0.29) is 5.46 Å². The lowest BCUT2D eigenvalue weighted by Crippen LogP contribution is -2.30. The molecule has 6 heteroatoms. The maximum Gasteiger partial charge on any atom is 0.491 e. The van der Waals surface area contributed by atoms with Gasteiger partial charge in [0.15, 0.2) is 5.82 Å². The Hall–Kier alpha value is -1.43. The average molecular weight is 234 g/mol. The molecule has 4 nitrogen and oxygen atoms in total. The largest absolute Gasteiger partial charge is 0.491 e. The van der Waals surface area contributed by atoms with Crippen molar-refractivity contribution in [3.8, 4) is 11.4 Å². The molecule has 0 unspecified atom stereocenters. The summed E-state index contributed by atoms with van der Waals surface area (Å²) in [6.07, 6.45) is 2.74. The number of hydrogen-bond acceptors (Lipinski definition) is 4. The SMILES string of the molecule is OB(O)c1cnc(-c2cccc(Cl)c2)nc1. The van der Waals surface area contributed by atoms with Crippen LogP contribution in [-0.2, 0) is 0 Å². The molecule has 0 spiro atoms. The molecule has 0 aliphatic carbocycles. The predicted octanol–water partition coefficient (Wildman–Crippen LogP) is 0.477. The molecule has 0 saturated heterocycles. The average Bonchev–Trinajstić information content (AvgIpc) is 2.29. The topological polar surface area (TPSA) is 66.2 Å². The van der Waals surface area contributed by atoms with Gasteiger partial charge in [0.05, 0.1) is 0 Å². The number of hydrogen-bond donors (Lipinski definition) is 2. The summed E-state index contributed by atoms with van der Waals surface area (Å²) in [4.78, 5) is 8.04. The van der Waals surface area contributed by atoms with Crippen LogP contribution in [0.2, 0.25) is 5.02 Å². The Kier molecular flexibility index (Phi) is 3.19. The molecule has 2 N–H and O–H groups in total. The second kappa shape index (κ2) is 4.61. The van der Waals surface area contributed by atoms with Crippen LogP contribution in [0.15, 0.2) is 36.7 Å². The summed E-state index contributed by atoms with van der Waals surface area (Å²) in [5.74, 6) is 0.493. The fraction of sp³-hybridized carbons (Fsp3) is 0. The van der Waals surface area contributed by atoms with Crippen molar-refractivity contribution in [3.05, 3.63) is 41.7 Å². The van der Waals surface area contributed by atoms with Gasteiger partial charge in [0.2, 0.25) is 0 Å². The quantitative estimate of drug-likeness (QED) is 0.742. The van der Waals surface area contributed by atoms with Gasteiger partial charge in [-0.15, -0.1) is 0 Å². The molecular formula is C10H8BClN2O2. The normalized spacial score (nSPS) is 10.2. The van der Waals surface area contributed by atoms with Gasteiger partial charge in [-0.1, -0.05) is 23.7 Å². The Morgan fingerprint density at radius 3 is 2.38 bits per heavy atom. The molecular weight excluding hydrogens is 226 g/mol. The number of rotatable bonds is 2. The minimum Gasteiger partial charge on any atom is -0.423 e. The minimum absolute atomic E-state index is 0.255. The Labute approximate surface area is 97.7 Å². The van der Waals surface area contributed by atoms with Gasteiger partial charge in [0.1, 0.15) is 0 Å². The zero-order valence-corrected chi connectivity index (χ0v) is 8.96. The van der Waals surface area contributed by atoms with E-state index in [2.05, 4.69) is 9.97 Å². The number of aromatic nitrogens is 2. The van der Waals surface area contributed by atoms with E-state index in [1.807, 2.05) is 6.07 Å². The zero-order chi connectivity index (χ0) is 11.5. The van der Waals surface area contributed by atoms with E-state index in [0.717, 1.165) is 5.56 Å². The maximum atomic E-state index is 8.88. The van der Waals surface area contributed by atoms with Gasteiger partial charge >= 0.3 is 7.12 Å². The van der Waals surface area contributed by atoms with Gasteiger partial charge in [-0.3, -0.25) is 0 Å². The first-order valence-electron chi connectivity index (χ1n) is 4.61. The third-order valence-corrected chi connectivity index (χ3v) is 2.29. The van der Waals surface area contributed by atoms with Crippen LogP contribution in [0, 0.1) is 0 Å². The van der Waals surface area contributed by atoms with Crippen LogP contribution < -0.4 is 5.46 Å². The fourth-order valence-electron chi connectivity index (χ4n) is 1.25. The Morgan fingerprint density at radius 2 is 1.81 bits per heavy atom. The van der Waals surface area contributed by atoms with E-state index < -0.39 is 7.12 Å². The van der Waals surface area contributed by atoms with Crippen molar-refractivity contribution in [1.82, 2.24) is 9.97 Å². The Morgan fingerprint density at radius 1 is 1.12 bits per heavy atom. The smallest absolute Gasteiger partial charge is 0.423 e. The number of halogens is 1. The van der Waals surface area contributed by atoms with Gasteiger partial charge < -0.3 is 10.0 Å². The molecule has 80 valence electrons. The molecule has 0 saturated carbocycles. The third kappa shape index (κ3) is 2.39. The summed E-state index contributed by atoms with van der Waals surface area (Å²) in [5.41, 5.74) is 1.04. The molecule has 1 heterocycles. The number of benzene rings is 1. The van der Waals surface area contributed by atoms with Crippen molar-refractivity contribution in [1.29, 1.82) is 0 Å². The highest BCUT2D eigenvalue weighted by Crippen LogP contribution is 2.18. The fourth-order valence-corrected chi connectivity index (χ4v) is 1.44. The van der Waals surface area contributed by atoms with Crippen LogP contribution in [0.1, 0.15) is 0 Å². The predicted molar refractivity (Wildman–Crippen MR) is 62.3 cm³/mol. The van der Waals surface area contributed by atoms with Crippen molar-refractivity contribution >= 4 is 24.2 Å². The first kappa shape index (κ1) is 11.1. The number of nitrogens with zero attached hydrogens (tertiary/aromatic N) is 2. The molecule has 0 fully saturated rings. The molecule has 0 atom stereocenters. The monoisotopic (exact) mass is 234 g/mol. The molecule has 1 aromatic heterocycles. The summed E-state index contributed by atoms with van der Waals surface area (Å²) in [6, 6.07) is 7.13. The van der Waals surface area contributed by atoms with E-state index in [0.29, 0.717) is 10.8 Å². The molecule has 2 rings (SSSR count). The van der Waals surface area contributed by atoms with Crippen LogP contribution in [0.4, 0.5) is 0 Å². The van der Waals surface area contributed by atoms with Crippen molar-refractivity contribution in [2.45, 2.75) is 0 Å². The van der Waals surface area contributed by atoms with Crippen molar-refractivity contribution in [2.75, 3.05) is 0 Å². The summed E-state index contributed by atoms with van der Waals surface area (Å²) in [7, 11) is -1.55. The van der Waals surface area contributed by atoms with Crippen LogP contribution in [0.25, 0.3) is 11.4 Å². The molecule has 16 heavy (non-hydrogen) atoms. The summed E-state index contributed by atoms with van der Waals surface area (Å²) >= 11 is 5.84. The summed E-state index contributed by atoms with van der Waals surface area (Å²) in [6.45, 7) is 0. The van der Waals surface area contributed by atoms with Crippen LogP contribution in [0.5, 0.6) is 0 Å². The molecule has 1 aromatic carbocycles. The molecule has 0 aliphatic heterocycles. The first-order chi connectivity index (χ1) is 7.66. The second-order valence-corrected chi connectivity index (χ2v) is 3.66. The molecule has 0 amide bonds. The maximum absolute atomic E-state index is 8.88. The van der Waals surface area contributed by atoms with E-state index >= 15 is 0 Å². The van der Waals surface area contributed by atoms with Crippen LogP contribution >= 0.6 is 11.6 Å². The van der Waals surface area contributed by atoms with E-state index in [1.165, 1.54) is 12.4 Å². The van der Waals surface area contributed by atoms with Crippen LogP contribution in [-0.4, -0.2) is 27.1 Å². The van der Waals surface area contributed by atoms with Gasteiger partial charge in [0.25, 0.3) is 0 Å². The highest BCUT2D eigenvalue weighted by molar-refractivity contribution is 6.58. The van der Waals surface area contributed by atoms with Crippen molar-refractivity contribution in [2.24, 2.45) is 0 Å². The molecule has 0 bridgehead atoms. The van der Waals surface area contributed by atoms with E-state index in [4.69, 9.17) is 21.6 Å². The summed E-state index contributed by atoms with van der Waals surface area (Å²) < 4.78 is 0. The van der Waals surface area contributed by atoms with Gasteiger partial charge in [0, 0.05) is 28.4 Å². The van der Waals surface area contributed by atoms with Gasteiger partial charge in [-0.05, 0) is 12.1 Å². The zero-order valence-electron chi connectivity index (χ0n) is 8.21.